The van der Waals surface area contributed by atoms with Crippen molar-refractivity contribution in [2.45, 2.75) is 6.54 Å². The zero-order chi connectivity index (χ0) is 19.6. The summed E-state index contributed by atoms with van der Waals surface area (Å²) in [6, 6.07) is 11.5. The van der Waals surface area contributed by atoms with Gasteiger partial charge in [-0.15, -0.1) is 0 Å². The maximum Gasteiger partial charge on any atom is 0.325 e. The number of hydrogen-bond donors (Lipinski definition) is 0. The number of esters is 1. The van der Waals surface area contributed by atoms with Crippen LogP contribution < -0.4 is 4.80 Å². The third-order valence-corrected chi connectivity index (χ3v) is 5.55. The van der Waals surface area contributed by atoms with Crippen LogP contribution >= 0.6 is 34.5 Å². The van der Waals surface area contributed by atoms with Gasteiger partial charge in [0.15, 0.2) is 4.80 Å². The van der Waals surface area contributed by atoms with Crippen LogP contribution in [0.25, 0.3) is 10.2 Å². The van der Waals surface area contributed by atoms with Gasteiger partial charge in [0.25, 0.3) is 5.91 Å². The standard InChI is InChI=1S/C18H11Cl2N3O3S/c1-26-14(24)9-23-16-13(7-6-12(19)15(16)20)27-18(23)22-17(25)11-4-2-10(8-21)3-5-11/h2-7H,9H2,1H3. The number of benzene rings is 2. The Hall–Kier alpha value is -2.66. The molecule has 9 heteroatoms. The van der Waals surface area contributed by atoms with Gasteiger partial charge in [0, 0.05) is 5.56 Å². The number of thiazole rings is 1. The van der Waals surface area contributed by atoms with E-state index in [2.05, 4.69) is 4.99 Å². The summed E-state index contributed by atoms with van der Waals surface area (Å²) in [5.74, 6) is -1.02. The Bertz CT molecular complexity index is 1160. The van der Waals surface area contributed by atoms with E-state index in [1.807, 2.05) is 6.07 Å². The molecule has 0 fully saturated rings. The predicted octanol–water partition coefficient (Wildman–Crippen LogP) is 3.80. The maximum absolute atomic E-state index is 12.5. The zero-order valence-corrected chi connectivity index (χ0v) is 16.2. The summed E-state index contributed by atoms with van der Waals surface area (Å²) in [6.45, 7) is -0.171. The third kappa shape index (κ3) is 3.88. The molecule has 27 heavy (non-hydrogen) atoms. The highest BCUT2D eigenvalue weighted by Crippen LogP contribution is 2.32. The largest absolute Gasteiger partial charge is 0.468 e. The molecule has 0 N–H and O–H groups in total. The Morgan fingerprint density at radius 3 is 2.56 bits per heavy atom. The Morgan fingerprint density at radius 1 is 1.22 bits per heavy atom. The summed E-state index contributed by atoms with van der Waals surface area (Å²) >= 11 is 13.6. The van der Waals surface area contributed by atoms with E-state index in [1.54, 1.807) is 12.1 Å². The van der Waals surface area contributed by atoms with Crippen LogP contribution in [0.1, 0.15) is 15.9 Å². The first-order chi connectivity index (χ1) is 12.9. The maximum atomic E-state index is 12.5. The predicted molar refractivity (Wildman–Crippen MR) is 103 cm³/mol. The second-order valence-electron chi connectivity index (χ2n) is 5.36. The van der Waals surface area contributed by atoms with E-state index < -0.39 is 11.9 Å². The molecule has 0 bridgehead atoms. The Morgan fingerprint density at radius 2 is 1.93 bits per heavy atom. The SMILES string of the molecule is COC(=O)Cn1c(=NC(=O)c2ccc(C#N)cc2)sc2ccc(Cl)c(Cl)c21. The van der Waals surface area contributed by atoms with Gasteiger partial charge < -0.3 is 9.30 Å². The number of nitrogens with zero attached hydrogens (tertiary/aromatic N) is 3. The lowest BCUT2D eigenvalue weighted by Crippen LogP contribution is -2.22. The molecule has 136 valence electrons. The Labute approximate surface area is 167 Å². The van der Waals surface area contributed by atoms with Crippen molar-refractivity contribution in [2.24, 2.45) is 4.99 Å². The van der Waals surface area contributed by atoms with Crippen molar-refractivity contribution in [3.8, 4) is 6.07 Å². The van der Waals surface area contributed by atoms with Gasteiger partial charge in [-0.2, -0.15) is 10.3 Å². The van der Waals surface area contributed by atoms with Crippen molar-refractivity contribution >= 4 is 56.6 Å². The summed E-state index contributed by atoms with van der Waals surface area (Å²) in [4.78, 5) is 28.8. The van der Waals surface area contributed by atoms with Crippen molar-refractivity contribution in [3.05, 3.63) is 62.4 Å². The minimum absolute atomic E-state index is 0.171. The van der Waals surface area contributed by atoms with Crippen LogP contribution in [0.5, 0.6) is 0 Å². The summed E-state index contributed by atoms with van der Waals surface area (Å²) in [6.07, 6.45) is 0. The minimum atomic E-state index is -0.516. The van der Waals surface area contributed by atoms with Crippen LogP contribution in [-0.2, 0) is 16.1 Å². The second-order valence-corrected chi connectivity index (χ2v) is 7.16. The molecule has 0 unspecified atom stereocenters. The number of methoxy groups -OCH3 is 1. The van der Waals surface area contributed by atoms with Gasteiger partial charge in [-0.25, -0.2) is 0 Å². The average Bonchev–Trinajstić information content (AvgIpc) is 3.02. The quantitative estimate of drug-likeness (QED) is 0.604. The van der Waals surface area contributed by atoms with E-state index in [1.165, 1.54) is 47.3 Å². The van der Waals surface area contributed by atoms with E-state index >= 15 is 0 Å². The van der Waals surface area contributed by atoms with Crippen LogP contribution in [0, 0.1) is 11.3 Å². The molecule has 0 spiro atoms. The first-order valence-corrected chi connectivity index (χ1v) is 9.15. The van der Waals surface area contributed by atoms with Crippen LogP contribution in [0.15, 0.2) is 41.4 Å². The second kappa shape index (κ2) is 7.92. The third-order valence-electron chi connectivity index (χ3n) is 3.71. The molecule has 1 heterocycles. The smallest absolute Gasteiger partial charge is 0.325 e. The number of rotatable bonds is 3. The summed E-state index contributed by atoms with van der Waals surface area (Å²) in [5.41, 5.74) is 1.27. The summed E-state index contributed by atoms with van der Waals surface area (Å²) in [7, 11) is 1.27. The van der Waals surface area contributed by atoms with E-state index in [9.17, 15) is 9.59 Å². The van der Waals surface area contributed by atoms with E-state index in [0.717, 1.165) is 4.70 Å². The van der Waals surface area contributed by atoms with Crippen molar-refractivity contribution < 1.29 is 14.3 Å². The lowest BCUT2D eigenvalue weighted by molar-refractivity contribution is -0.141. The molecule has 0 saturated carbocycles. The molecule has 0 atom stereocenters. The lowest BCUT2D eigenvalue weighted by atomic mass is 10.1. The van der Waals surface area contributed by atoms with Crippen molar-refractivity contribution in [1.29, 1.82) is 5.26 Å². The fourth-order valence-electron chi connectivity index (χ4n) is 2.37. The van der Waals surface area contributed by atoms with Gasteiger partial charge in [0.2, 0.25) is 0 Å². The molecule has 1 amide bonds. The first kappa shape index (κ1) is 19.1. The molecule has 0 aliphatic carbocycles. The monoisotopic (exact) mass is 419 g/mol. The molecule has 6 nitrogen and oxygen atoms in total. The van der Waals surface area contributed by atoms with Crippen molar-refractivity contribution in [3.63, 3.8) is 0 Å². The minimum Gasteiger partial charge on any atom is -0.468 e. The van der Waals surface area contributed by atoms with Crippen molar-refractivity contribution in [2.75, 3.05) is 7.11 Å². The highest BCUT2D eigenvalue weighted by atomic mass is 35.5. The normalized spacial score (nSPS) is 11.4. The highest BCUT2D eigenvalue weighted by molar-refractivity contribution is 7.16. The summed E-state index contributed by atoms with van der Waals surface area (Å²) in [5, 5.41) is 9.44. The Kier molecular flexibility index (Phi) is 5.61. The van der Waals surface area contributed by atoms with E-state index in [4.69, 9.17) is 33.2 Å². The zero-order valence-electron chi connectivity index (χ0n) is 13.9. The molecule has 3 aromatic rings. The Balaban J connectivity index is 2.17. The number of hydrogen-bond acceptors (Lipinski definition) is 5. The van der Waals surface area contributed by atoms with E-state index in [0.29, 0.717) is 21.7 Å². The number of carbonyl (C=O) groups excluding carboxylic acids is 2. The van der Waals surface area contributed by atoms with Crippen LogP contribution in [0.3, 0.4) is 0 Å². The van der Waals surface area contributed by atoms with Gasteiger partial charge in [-0.1, -0.05) is 34.5 Å². The molecule has 0 aliphatic rings. The average molecular weight is 420 g/mol. The molecular weight excluding hydrogens is 409 g/mol. The number of fused-ring (bicyclic) bond motifs is 1. The first-order valence-electron chi connectivity index (χ1n) is 7.58. The number of aromatic nitrogens is 1. The van der Waals surface area contributed by atoms with Crippen LogP contribution in [0.2, 0.25) is 10.0 Å². The van der Waals surface area contributed by atoms with Crippen molar-refractivity contribution in [1.82, 2.24) is 4.57 Å². The molecular formula is C18H11Cl2N3O3S. The van der Waals surface area contributed by atoms with Gasteiger partial charge in [0.1, 0.15) is 6.54 Å². The number of nitriles is 1. The molecule has 0 aliphatic heterocycles. The van der Waals surface area contributed by atoms with Gasteiger partial charge in [0.05, 0.1) is 39.0 Å². The topological polar surface area (TPSA) is 84.5 Å². The molecule has 2 aromatic carbocycles. The number of ether oxygens (including phenoxy) is 1. The molecule has 3 rings (SSSR count). The number of carbonyl (C=O) groups is 2. The highest BCUT2D eigenvalue weighted by Gasteiger charge is 2.16. The van der Waals surface area contributed by atoms with Crippen LogP contribution in [0.4, 0.5) is 0 Å². The fraction of sp³-hybridized carbons (Fsp3) is 0.111. The lowest BCUT2D eigenvalue weighted by Gasteiger charge is -2.06. The van der Waals surface area contributed by atoms with E-state index in [-0.39, 0.29) is 16.4 Å². The summed E-state index contributed by atoms with van der Waals surface area (Å²) < 4.78 is 6.95. The number of halogens is 2. The molecule has 0 saturated heterocycles. The van der Waals surface area contributed by atoms with Gasteiger partial charge in [-0.05, 0) is 36.4 Å². The fourth-order valence-corrected chi connectivity index (χ4v) is 3.88. The number of amides is 1. The molecule has 1 aromatic heterocycles. The van der Waals surface area contributed by atoms with Gasteiger partial charge >= 0.3 is 5.97 Å². The van der Waals surface area contributed by atoms with Crippen LogP contribution in [-0.4, -0.2) is 23.6 Å². The molecule has 0 radical (unpaired) electrons. The van der Waals surface area contributed by atoms with Gasteiger partial charge in [-0.3, -0.25) is 9.59 Å².